The van der Waals surface area contributed by atoms with E-state index >= 15 is 0 Å². The normalized spacial score (nSPS) is 13.3. The third kappa shape index (κ3) is 7.19. The van der Waals surface area contributed by atoms with E-state index in [-0.39, 0.29) is 18.5 Å². The van der Waals surface area contributed by atoms with Crippen molar-refractivity contribution in [2.24, 2.45) is 0 Å². The molecule has 2 aromatic rings. The summed E-state index contributed by atoms with van der Waals surface area (Å²) in [7, 11) is -1.16. The highest BCUT2D eigenvalue weighted by atomic mass is 35.5. The fraction of sp³-hybridized carbons (Fsp3) is 0.417. The lowest BCUT2D eigenvalue weighted by Crippen LogP contribution is -2.53. The number of benzene rings is 2. The van der Waals surface area contributed by atoms with Crippen molar-refractivity contribution in [3.8, 4) is 0 Å². The number of halogens is 1. The van der Waals surface area contributed by atoms with E-state index < -0.39 is 28.7 Å². The van der Waals surface area contributed by atoms with Crippen LogP contribution in [-0.4, -0.2) is 62.2 Å². The quantitative estimate of drug-likeness (QED) is 0.504. The average Bonchev–Trinajstić information content (AvgIpc) is 2.80. The van der Waals surface area contributed by atoms with Gasteiger partial charge in [-0.2, -0.15) is 12.7 Å². The van der Waals surface area contributed by atoms with Crippen molar-refractivity contribution in [1.82, 2.24) is 14.5 Å². The summed E-state index contributed by atoms with van der Waals surface area (Å²) in [5.41, 5.74) is 1.08. The second kappa shape index (κ2) is 12.2. The summed E-state index contributed by atoms with van der Waals surface area (Å²) in [5, 5.41) is 3.40. The van der Waals surface area contributed by atoms with E-state index in [1.807, 2.05) is 13.8 Å². The maximum Gasteiger partial charge on any atom is 0.304 e. The van der Waals surface area contributed by atoms with Crippen LogP contribution in [0.3, 0.4) is 0 Å². The van der Waals surface area contributed by atoms with Crippen LogP contribution in [0.5, 0.6) is 0 Å². The number of amides is 2. The molecule has 2 aromatic carbocycles. The number of carbonyl (C=O) groups is 2. The molecule has 0 aromatic heterocycles. The Morgan fingerprint density at radius 3 is 2.24 bits per heavy atom. The molecular formula is C24H33ClN4O4S. The van der Waals surface area contributed by atoms with Gasteiger partial charge >= 0.3 is 10.2 Å². The molecule has 1 N–H and O–H groups in total. The van der Waals surface area contributed by atoms with Gasteiger partial charge in [0, 0.05) is 31.7 Å². The van der Waals surface area contributed by atoms with Gasteiger partial charge in [0.25, 0.3) is 0 Å². The van der Waals surface area contributed by atoms with Crippen molar-refractivity contribution >= 4 is 39.3 Å². The lowest BCUT2D eigenvalue weighted by atomic mass is 10.1. The summed E-state index contributed by atoms with van der Waals surface area (Å²) < 4.78 is 28.2. The van der Waals surface area contributed by atoms with E-state index in [2.05, 4.69) is 5.32 Å². The minimum absolute atomic E-state index is 0.0620. The van der Waals surface area contributed by atoms with Gasteiger partial charge in [-0.1, -0.05) is 48.9 Å². The molecule has 2 amide bonds. The summed E-state index contributed by atoms with van der Waals surface area (Å²) in [6.45, 7) is 5.10. The molecular weight excluding hydrogens is 476 g/mol. The van der Waals surface area contributed by atoms with Crippen molar-refractivity contribution < 1.29 is 18.0 Å². The molecule has 10 heteroatoms. The second-order valence-corrected chi connectivity index (χ2v) is 10.8. The van der Waals surface area contributed by atoms with Crippen LogP contribution in [0, 0.1) is 0 Å². The molecule has 0 aliphatic heterocycles. The largest absolute Gasteiger partial charge is 0.352 e. The SMILES string of the molecule is CC[C@H](C)NC(=O)[C@@H](C)N(Cc1cccc(Cl)c1)C(=O)CN(c1ccccc1)S(=O)(=O)N(C)C. The Morgan fingerprint density at radius 2 is 1.68 bits per heavy atom. The lowest BCUT2D eigenvalue weighted by Gasteiger charge is -2.33. The van der Waals surface area contributed by atoms with E-state index in [0.717, 1.165) is 20.6 Å². The molecule has 8 nitrogen and oxygen atoms in total. The number of carbonyl (C=O) groups excluding carboxylic acids is 2. The summed E-state index contributed by atoms with van der Waals surface area (Å²) in [6.07, 6.45) is 0.740. The predicted octanol–water partition coefficient (Wildman–Crippen LogP) is 3.28. The van der Waals surface area contributed by atoms with Crippen LogP contribution in [0.25, 0.3) is 0 Å². The number of anilines is 1. The van der Waals surface area contributed by atoms with Gasteiger partial charge in [0.05, 0.1) is 5.69 Å². The van der Waals surface area contributed by atoms with Crippen molar-refractivity contribution in [3.63, 3.8) is 0 Å². The Labute approximate surface area is 207 Å². The molecule has 186 valence electrons. The Kier molecular flexibility index (Phi) is 9.90. The maximum absolute atomic E-state index is 13.6. The van der Waals surface area contributed by atoms with Crippen LogP contribution in [0.2, 0.25) is 5.02 Å². The Morgan fingerprint density at radius 1 is 1.03 bits per heavy atom. The standard InChI is InChI=1S/C24H33ClN4O4S/c1-6-18(2)26-24(31)19(3)28(16-20-11-10-12-21(25)15-20)23(30)17-29(34(32,33)27(4)5)22-13-8-7-9-14-22/h7-15,18-19H,6,16-17H2,1-5H3,(H,26,31)/t18-,19+/m0/s1. The van der Waals surface area contributed by atoms with E-state index in [0.29, 0.717) is 10.7 Å². The fourth-order valence-electron chi connectivity index (χ4n) is 3.19. The van der Waals surface area contributed by atoms with Gasteiger partial charge in [-0.25, -0.2) is 4.31 Å². The summed E-state index contributed by atoms with van der Waals surface area (Å²) in [4.78, 5) is 27.9. The highest BCUT2D eigenvalue weighted by Crippen LogP contribution is 2.21. The first-order valence-corrected chi connectivity index (χ1v) is 12.8. The van der Waals surface area contributed by atoms with Gasteiger partial charge < -0.3 is 10.2 Å². The molecule has 0 radical (unpaired) electrons. The molecule has 0 heterocycles. The minimum atomic E-state index is -3.97. The Bertz CT molecular complexity index is 1080. The molecule has 2 rings (SSSR count). The first kappa shape index (κ1) is 27.6. The highest BCUT2D eigenvalue weighted by molar-refractivity contribution is 7.90. The van der Waals surface area contributed by atoms with Crippen molar-refractivity contribution in [2.45, 2.75) is 45.8 Å². The number of nitrogens with one attached hydrogen (secondary N) is 1. The van der Waals surface area contributed by atoms with Gasteiger partial charge in [0.15, 0.2) is 0 Å². The van der Waals surface area contributed by atoms with Crippen molar-refractivity contribution in [2.75, 3.05) is 24.9 Å². The molecule has 0 bridgehead atoms. The number of nitrogens with zero attached hydrogens (tertiary/aromatic N) is 3. The van der Waals surface area contributed by atoms with Crippen LogP contribution in [0.1, 0.15) is 32.8 Å². The minimum Gasteiger partial charge on any atom is -0.352 e. The van der Waals surface area contributed by atoms with Gasteiger partial charge in [-0.05, 0) is 50.1 Å². The predicted molar refractivity (Wildman–Crippen MR) is 136 cm³/mol. The molecule has 0 unspecified atom stereocenters. The summed E-state index contributed by atoms with van der Waals surface area (Å²) in [5.74, 6) is -0.826. The van der Waals surface area contributed by atoms with Gasteiger partial charge in [0.1, 0.15) is 12.6 Å². The first-order valence-electron chi connectivity index (χ1n) is 11.1. The van der Waals surface area contributed by atoms with Crippen LogP contribution in [0.4, 0.5) is 5.69 Å². The van der Waals surface area contributed by atoms with Crippen LogP contribution in [0.15, 0.2) is 54.6 Å². The zero-order valence-corrected chi connectivity index (χ0v) is 21.8. The molecule has 2 atom stereocenters. The van der Waals surface area contributed by atoms with E-state index in [4.69, 9.17) is 11.6 Å². The molecule has 0 saturated heterocycles. The fourth-order valence-corrected chi connectivity index (χ4v) is 4.46. The van der Waals surface area contributed by atoms with E-state index in [1.165, 1.54) is 19.0 Å². The summed E-state index contributed by atoms with van der Waals surface area (Å²) in [6, 6.07) is 14.5. The Hall–Kier alpha value is -2.62. The number of hydrogen-bond acceptors (Lipinski definition) is 4. The monoisotopic (exact) mass is 508 g/mol. The van der Waals surface area contributed by atoms with Crippen molar-refractivity contribution in [3.05, 3.63) is 65.2 Å². The molecule has 0 spiro atoms. The number of para-hydroxylation sites is 1. The molecule has 0 aliphatic rings. The van der Waals surface area contributed by atoms with Gasteiger partial charge in [-0.3, -0.25) is 9.59 Å². The number of rotatable bonds is 11. The van der Waals surface area contributed by atoms with Crippen LogP contribution >= 0.6 is 11.6 Å². The van der Waals surface area contributed by atoms with Gasteiger partial charge in [0.2, 0.25) is 11.8 Å². The van der Waals surface area contributed by atoms with Crippen LogP contribution in [-0.2, 0) is 26.3 Å². The van der Waals surface area contributed by atoms with E-state index in [1.54, 1.807) is 61.5 Å². The van der Waals surface area contributed by atoms with Crippen molar-refractivity contribution in [1.29, 1.82) is 0 Å². The lowest BCUT2D eigenvalue weighted by molar-refractivity contribution is -0.139. The Balaban J connectivity index is 2.42. The first-order chi connectivity index (χ1) is 16.0. The molecule has 0 fully saturated rings. The smallest absolute Gasteiger partial charge is 0.304 e. The molecule has 34 heavy (non-hydrogen) atoms. The highest BCUT2D eigenvalue weighted by Gasteiger charge is 2.32. The molecule has 0 saturated carbocycles. The summed E-state index contributed by atoms with van der Waals surface area (Å²) >= 11 is 6.12. The average molecular weight is 509 g/mol. The van der Waals surface area contributed by atoms with E-state index in [9.17, 15) is 18.0 Å². The maximum atomic E-state index is 13.6. The topological polar surface area (TPSA) is 90.0 Å². The molecule has 0 aliphatic carbocycles. The van der Waals surface area contributed by atoms with Gasteiger partial charge in [-0.15, -0.1) is 0 Å². The third-order valence-corrected chi connectivity index (χ3v) is 7.53. The second-order valence-electron chi connectivity index (χ2n) is 8.28. The number of hydrogen-bond donors (Lipinski definition) is 1. The van der Waals surface area contributed by atoms with Crippen LogP contribution < -0.4 is 9.62 Å². The third-order valence-electron chi connectivity index (χ3n) is 5.47. The zero-order chi connectivity index (χ0) is 25.5. The zero-order valence-electron chi connectivity index (χ0n) is 20.2.